The van der Waals surface area contributed by atoms with Crippen LogP contribution in [0.3, 0.4) is 0 Å². The fourth-order valence-corrected chi connectivity index (χ4v) is 2.66. The first kappa shape index (κ1) is 19.4. The van der Waals surface area contributed by atoms with Crippen LogP contribution in [-0.2, 0) is 11.3 Å². The van der Waals surface area contributed by atoms with Crippen molar-refractivity contribution in [1.29, 1.82) is 0 Å². The fourth-order valence-electron chi connectivity index (χ4n) is 2.66. The van der Waals surface area contributed by atoms with Crippen molar-refractivity contribution in [1.82, 2.24) is 10.3 Å². The van der Waals surface area contributed by atoms with Gasteiger partial charge in [0.1, 0.15) is 11.3 Å². The fraction of sp³-hybridized carbons (Fsp3) is 0.227. The first-order valence-electron chi connectivity index (χ1n) is 9.04. The zero-order valence-corrected chi connectivity index (χ0v) is 16.2. The smallest absolute Gasteiger partial charge is 0.407 e. The minimum absolute atomic E-state index is 0.233. The molecule has 1 aromatic heterocycles. The molecule has 3 aromatic rings. The van der Waals surface area contributed by atoms with E-state index in [9.17, 15) is 9.59 Å². The predicted octanol–water partition coefficient (Wildman–Crippen LogP) is 4.51. The van der Waals surface area contributed by atoms with Crippen LogP contribution < -0.4 is 10.6 Å². The SMILES string of the molecule is CC(C)(C)OC(=O)NCc1ccccc1NC(=O)c1ccc2ccccc2n1. The maximum absolute atomic E-state index is 12.7. The molecule has 0 aliphatic carbocycles. The summed E-state index contributed by atoms with van der Waals surface area (Å²) in [6.45, 7) is 5.64. The Balaban J connectivity index is 1.71. The number of pyridine rings is 1. The number of fused-ring (bicyclic) bond motifs is 1. The number of alkyl carbamates (subject to hydrolysis) is 1. The number of anilines is 1. The van der Waals surface area contributed by atoms with Gasteiger partial charge in [-0.05, 0) is 44.5 Å². The third kappa shape index (κ3) is 5.07. The molecule has 0 spiro atoms. The van der Waals surface area contributed by atoms with E-state index in [-0.39, 0.29) is 12.5 Å². The number of carbonyl (C=O) groups excluding carboxylic acids is 2. The lowest BCUT2D eigenvalue weighted by Gasteiger charge is -2.20. The third-order valence-electron chi connectivity index (χ3n) is 3.92. The lowest BCUT2D eigenvalue weighted by molar-refractivity contribution is 0.0523. The molecule has 28 heavy (non-hydrogen) atoms. The molecule has 0 unspecified atom stereocenters. The molecule has 0 fully saturated rings. The number of hydrogen-bond donors (Lipinski definition) is 2. The molecule has 0 atom stereocenters. The maximum Gasteiger partial charge on any atom is 0.407 e. The molecular formula is C22H23N3O3. The summed E-state index contributed by atoms with van der Waals surface area (Å²) >= 11 is 0. The second-order valence-corrected chi connectivity index (χ2v) is 7.36. The molecule has 1 heterocycles. The molecule has 0 radical (unpaired) electrons. The molecule has 0 aliphatic rings. The highest BCUT2D eigenvalue weighted by molar-refractivity contribution is 6.04. The summed E-state index contributed by atoms with van der Waals surface area (Å²) in [6, 6.07) is 18.5. The monoisotopic (exact) mass is 377 g/mol. The highest BCUT2D eigenvalue weighted by Gasteiger charge is 2.16. The van der Waals surface area contributed by atoms with E-state index < -0.39 is 11.7 Å². The molecule has 3 rings (SSSR count). The first-order chi connectivity index (χ1) is 13.3. The maximum atomic E-state index is 12.7. The van der Waals surface area contributed by atoms with Crippen LogP contribution >= 0.6 is 0 Å². The molecule has 0 aliphatic heterocycles. The Morgan fingerprint density at radius 2 is 1.68 bits per heavy atom. The standard InChI is InChI=1S/C22H23N3O3/c1-22(2,3)28-21(27)23-14-16-9-5-7-11-18(16)25-20(26)19-13-12-15-8-4-6-10-17(15)24-19/h4-13H,14H2,1-3H3,(H,23,27)(H,25,26). The van der Waals surface area contributed by atoms with Gasteiger partial charge in [-0.15, -0.1) is 0 Å². The minimum atomic E-state index is -0.570. The molecule has 2 amide bonds. The average Bonchev–Trinajstić information content (AvgIpc) is 2.65. The summed E-state index contributed by atoms with van der Waals surface area (Å²) in [4.78, 5) is 28.9. The summed E-state index contributed by atoms with van der Waals surface area (Å²) < 4.78 is 5.24. The van der Waals surface area contributed by atoms with Crippen molar-refractivity contribution in [3.05, 3.63) is 71.9 Å². The van der Waals surface area contributed by atoms with Crippen LogP contribution in [0, 0.1) is 0 Å². The molecule has 2 N–H and O–H groups in total. The summed E-state index contributed by atoms with van der Waals surface area (Å²) in [5.74, 6) is -0.310. The number of rotatable bonds is 4. The third-order valence-corrected chi connectivity index (χ3v) is 3.92. The van der Waals surface area contributed by atoms with Crippen molar-refractivity contribution >= 4 is 28.6 Å². The number of carbonyl (C=O) groups is 2. The van der Waals surface area contributed by atoms with Gasteiger partial charge < -0.3 is 15.4 Å². The van der Waals surface area contributed by atoms with Crippen LogP contribution in [0.25, 0.3) is 10.9 Å². The number of nitrogens with one attached hydrogen (secondary N) is 2. The predicted molar refractivity (Wildman–Crippen MR) is 109 cm³/mol. The molecular weight excluding hydrogens is 354 g/mol. The number of amides is 2. The van der Waals surface area contributed by atoms with Crippen LogP contribution in [0.1, 0.15) is 36.8 Å². The Hall–Kier alpha value is -3.41. The molecule has 0 saturated carbocycles. The van der Waals surface area contributed by atoms with Crippen molar-refractivity contribution in [2.75, 3.05) is 5.32 Å². The van der Waals surface area contributed by atoms with Gasteiger partial charge in [0.2, 0.25) is 0 Å². The van der Waals surface area contributed by atoms with E-state index in [0.717, 1.165) is 16.5 Å². The Kier molecular flexibility index (Phi) is 5.59. The van der Waals surface area contributed by atoms with Gasteiger partial charge >= 0.3 is 6.09 Å². The van der Waals surface area contributed by atoms with Crippen molar-refractivity contribution in [3.8, 4) is 0 Å². The summed E-state index contributed by atoms with van der Waals surface area (Å²) in [7, 11) is 0. The van der Waals surface area contributed by atoms with E-state index in [1.165, 1.54) is 0 Å². The van der Waals surface area contributed by atoms with Crippen LogP contribution in [0.15, 0.2) is 60.7 Å². The number of benzene rings is 2. The van der Waals surface area contributed by atoms with Crippen LogP contribution in [-0.4, -0.2) is 22.6 Å². The molecule has 2 aromatic carbocycles. The highest BCUT2D eigenvalue weighted by atomic mass is 16.6. The Morgan fingerprint density at radius 3 is 2.46 bits per heavy atom. The Bertz CT molecular complexity index is 1010. The molecule has 6 heteroatoms. The van der Waals surface area contributed by atoms with E-state index in [1.807, 2.05) is 48.5 Å². The molecule has 0 bridgehead atoms. The number of para-hydroxylation sites is 2. The average molecular weight is 377 g/mol. The van der Waals surface area contributed by atoms with E-state index in [1.54, 1.807) is 32.9 Å². The lowest BCUT2D eigenvalue weighted by atomic mass is 10.1. The van der Waals surface area contributed by atoms with Crippen molar-refractivity contribution < 1.29 is 14.3 Å². The summed E-state index contributed by atoms with van der Waals surface area (Å²) in [5, 5.41) is 6.55. The Labute approximate surface area is 163 Å². The van der Waals surface area contributed by atoms with Crippen molar-refractivity contribution in [3.63, 3.8) is 0 Å². The first-order valence-corrected chi connectivity index (χ1v) is 9.04. The number of nitrogens with zero attached hydrogens (tertiary/aromatic N) is 1. The zero-order valence-electron chi connectivity index (χ0n) is 16.2. The van der Waals surface area contributed by atoms with Gasteiger partial charge in [-0.2, -0.15) is 0 Å². The van der Waals surface area contributed by atoms with Crippen LogP contribution in [0.2, 0.25) is 0 Å². The van der Waals surface area contributed by atoms with E-state index >= 15 is 0 Å². The minimum Gasteiger partial charge on any atom is -0.444 e. The van der Waals surface area contributed by atoms with Gasteiger partial charge in [-0.3, -0.25) is 4.79 Å². The zero-order chi connectivity index (χ0) is 20.1. The van der Waals surface area contributed by atoms with E-state index in [4.69, 9.17) is 4.74 Å². The molecule has 6 nitrogen and oxygen atoms in total. The van der Waals surface area contributed by atoms with E-state index in [2.05, 4.69) is 15.6 Å². The molecule has 144 valence electrons. The van der Waals surface area contributed by atoms with Gasteiger partial charge in [0.05, 0.1) is 5.52 Å². The van der Waals surface area contributed by atoms with Gasteiger partial charge in [-0.1, -0.05) is 42.5 Å². The van der Waals surface area contributed by atoms with Gasteiger partial charge in [0.25, 0.3) is 5.91 Å². The van der Waals surface area contributed by atoms with Crippen molar-refractivity contribution in [2.24, 2.45) is 0 Å². The second kappa shape index (κ2) is 8.08. The van der Waals surface area contributed by atoms with Gasteiger partial charge in [-0.25, -0.2) is 9.78 Å². The Morgan fingerprint density at radius 1 is 0.964 bits per heavy atom. The quantitative estimate of drug-likeness (QED) is 0.701. The summed E-state index contributed by atoms with van der Waals surface area (Å²) in [6.07, 6.45) is -0.509. The van der Waals surface area contributed by atoms with Crippen LogP contribution in [0.5, 0.6) is 0 Å². The van der Waals surface area contributed by atoms with Gasteiger partial charge in [0.15, 0.2) is 0 Å². The largest absolute Gasteiger partial charge is 0.444 e. The number of aromatic nitrogens is 1. The van der Waals surface area contributed by atoms with E-state index in [0.29, 0.717) is 11.4 Å². The number of ether oxygens (including phenoxy) is 1. The van der Waals surface area contributed by atoms with Crippen LogP contribution in [0.4, 0.5) is 10.5 Å². The number of hydrogen-bond acceptors (Lipinski definition) is 4. The lowest BCUT2D eigenvalue weighted by Crippen LogP contribution is -2.32. The normalized spacial score (nSPS) is 11.1. The second-order valence-electron chi connectivity index (χ2n) is 7.36. The topological polar surface area (TPSA) is 80.3 Å². The highest BCUT2D eigenvalue weighted by Crippen LogP contribution is 2.18. The summed E-state index contributed by atoms with van der Waals surface area (Å²) in [5.41, 5.74) is 1.89. The molecule has 0 saturated heterocycles. The van der Waals surface area contributed by atoms with Gasteiger partial charge in [0, 0.05) is 17.6 Å². The van der Waals surface area contributed by atoms with Crippen molar-refractivity contribution in [2.45, 2.75) is 32.9 Å².